The summed E-state index contributed by atoms with van der Waals surface area (Å²) in [7, 11) is 1.65. The van der Waals surface area contributed by atoms with Gasteiger partial charge in [-0.25, -0.2) is 4.68 Å². The Hall–Kier alpha value is -2.89. The van der Waals surface area contributed by atoms with Gasteiger partial charge in [0.1, 0.15) is 11.6 Å². The van der Waals surface area contributed by atoms with Gasteiger partial charge in [-0.05, 0) is 37.1 Å². The first-order valence-corrected chi connectivity index (χ1v) is 7.33. The molecule has 2 heterocycles. The third-order valence-electron chi connectivity index (χ3n) is 3.91. The Bertz CT molecular complexity index is 824. The minimum Gasteiger partial charge on any atom is -0.497 e. The van der Waals surface area contributed by atoms with Crippen LogP contribution in [0.15, 0.2) is 36.7 Å². The molecule has 6 heteroatoms. The molecule has 3 rings (SSSR count). The standard InChI is InChI=1S/C17H19N5O/c1-11-8-19-20-9-15(11)16-12(2)17(18)22(21-16)10-13-4-6-14(23-3)7-5-13/h4-9H,10,18H2,1-3H3. The SMILES string of the molecule is COc1ccc(Cn2nc(-c3cnncc3C)c(C)c2N)cc1. The van der Waals surface area contributed by atoms with Crippen LogP contribution in [0.3, 0.4) is 0 Å². The topological polar surface area (TPSA) is 78.8 Å². The number of aryl methyl sites for hydroxylation is 1. The molecule has 23 heavy (non-hydrogen) atoms. The number of methoxy groups -OCH3 is 1. The molecule has 0 saturated heterocycles. The zero-order chi connectivity index (χ0) is 16.4. The van der Waals surface area contributed by atoms with Gasteiger partial charge in [0.05, 0.1) is 31.7 Å². The number of benzene rings is 1. The van der Waals surface area contributed by atoms with E-state index in [1.807, 2.05) is 42.8 Å². The van der Waals surface area contributed by atoms with Crippen LogP contribution in [-0.4, -0.2) is 27.1 Å². The average molecular weight is 309 g/mol. The lowest BCUT2D eigenvalue weighted by Crippen LogP contribution is -2.06. The smallest absolute Gasteiger partial charge is 0.125 e. The molecule has 0 amide bonds. The third-order valence-corrected chi connectivity index (χ3v) is 3.91. The summed E-state index contributed by atoms with van der Waals surface area (Å²) in [6.45, 7) is 4.57. The van der Waals surface area contributed by atoms with Crippen LogP contribution in [0.4, 0.5) is 5.82 Å². The number of hydrogen-bond acceptors (Lipinski definition) is 5. The number of nitrogen functional groups attached to an aromatic ring is 1. The number of ether oxygens (including phenoxy) is 1. The van der Waals surface area contributed by atoms with E-state index in [2.05, 4.69) is 15.3 Å². The van der Waals surface area contributed by atoms with Gasteiger partial charge >= 0.3 is 0 Å². The van der Waals surface area contributed by atoms with E-state index in [1.54, 1.807) is 19.5 Å². The highest BCUT2D eigenvalue weighted by Crippen LogP contribution is 2.28. The van der Waals surface area contributed by atoms with Crippen molar-refractivity contribution in [2.45, 2.75) is 20.4 Å². The molecular formula is C17H19N5O. The largest absolute Gasteiger partial charge is 0.497 e. The van der Waals surface area contributed by atoms with Crippen molar-refractivity contribution in [3.05, 3.63) is 53.3 Å². The Kier molecular flexibility index (Phi) is 3.97. The minimum atomic E-state index is 0.605. The van der Waals surface area contributed by atoms with Gasteiger partial charge in [-0.2, -0.15) is 15.3 Å². The summed E-state index contributed by atoms with van der Waals surface area (Å²) in [4.78, 5) is 0. The van der Waals surface area contributed by atoms with E-state index in [9.17, 15) is 0 Å². The molecule has 118 valence electrons. The molecule has 0 spiro atoms. The molecule has 0 aliphatic heterocycles. The molecule has 1 aromatic carbocycles. The van der Waals surface area contributed by atoms with Gasteiger partial charge in [0.2, 0.25) is 0 Å². The molecule has 2 N–H and O–H groups in total. The number of rotatable bonds is 4. The zero-order valence-electron chi connectivity index (χ0n) is 13.4. The van der Waals surface area contributed by atoms with Gasteiger partial charge in [0.25, 0.3) is 0 Å². The predicted octanol–water partition coefficient (Wildman–Crippen LogP) is 2.60. The van der Waals surface area contributed by atoms with Gasteiger partial charge in [0.15, 0.2) is 0 Å². The molecule has 2 aromatic heterocycles. The second-order valence-corrected chi connectivity index (χ2v) is 5.45. The maximum absolute atomic E-state index is 6.23. The van der Waals surface area contributed by atoms with Crippen LogP contribution in [0.5, 0.6) is 5.75 Å². The summed E-state index contributed by atoms with van der Waals surface area (Å²) in [5, 5.41) is 12.5. The number of anilines is 1. The summed E-state index contributed by atoms with van der Waals surface area (Å²) in [6.07, 6.45) is 3.45. The Labute approximate surface area is 134 Å². The van der Waals surface area contributed by atoms with Crippen molar-refractivity contribution in [1.82, 2.24) is 20.0 Å². The van der Waals surface area contributed by atoms with Crippen LogP contribution in [0.1, 0.15) is 16.7 Å². The molecule has 0 saturated carbocycles. The molecule has 0 bridgehead atoms. The maximum Gasteiger partial charge on any atom is 0.125 e. The fraction of sp³-hybridized carbons (Fsp3) is 0.235. The number of nitrogens with zero attached hydrogens (tertiary/aromatic N) is 4. The van der Waals surface area contributed by atoms with Crippen molar-refractivity contribution >= 4 is 5.82 Å². The van der Waals surface area contributed by atoms with E-state index in [4.69, 9.17) is 10.5 Å². The third kappa shape index (κ3) is 2.88. The first kappa shape index (κ1) is 15.0. The van der Waals surface area contributed by atoms with Crippen molar-refractivity contribution in [3.63, 3.8) is 0 Å². The van der Waals surface area contributed by atoms with Crippen molar-refractivity contribution in [2.24, 2.45) is 0 Å². The van der Waals surface area contributed by atoms with Gasteiger partial charge in [0, 0.05) is 11.1 Å². The first-order valence-electron chi connectivity index (χ1n) is 7.33. The Morgan fingerprint density at radius 2 is 1.78 bits per heavy atom. The van der Waals surface area contributed by atoms with Gasteiger partial charge in [-0.1, -0.05) is 12.1 Å². The molecular weight excluding hydrogens is 290 g/mol. The average Bonchev–Trinajstić information content (AvgIpc) is 2.84. The zero-order valence-corrected chi connectivity index (χ0v) is 13.4. The fourth-order valence-corrected chi connectivity index (χ4v) is 2.48. The summed E-state index contributed by atoms with van der Waals surface area (Å²) in [5.74, 6) is 1.49. The highest BCUT2D eigenvalue weighted by atomic mass is 16.5. The van der Waals surface area contributed by atoms with E-state index in [1.165, 1.54) is 0 Å². The minimum absolute atomic E-state index is 0.605. The number of nitrogens with two attached hydrogens (primary N) is 1. The van der Waals surface area contributed by atoms with Crippen LogP contribution in [0.25, 0.3) is 11.3 Å². The molecule has 0 unspecified atom stereocenters. The summed E-state index contributed by atoms with van der Waals surface area (Å²) >= 11 is 0. The maximum atomic E-state index is 6.23. The van der Waals surface area contributed by atoms with Crippen LogP contribution in [-0.2, 0) is 6.54 Å². The summed E-state index contributed by atoms with van der Waals surface area (Å²) in [5.41, 5.74) is 11.1. The Balaban J connectivity index is 1.95. The molecule has 6 nitrogen and oxygen atoms in total. The summed E-state index contributed by atoms with van der Waals surface area (Å²) in [6, 6.07) is 7.88. The lowest BCUT2D eigenvalue weighted by Gasteiger charge is -2.06. The monoisotopic (exact) mass is 309 g/mol. The van der Waals surface area contributed by atoms with Gasteiger partial charge in [-0.15, -0.1) is 0 Å². The van der Waals surface area contributed by atoms with Crippen LogP contribution in [0, 0.1) is 13.8 Å². The van der Waals surface area contributed by atoms with Crippen LogP contribution in [0.2, 0.25) is 0 Å². The lowest BCUT2D eigenvalue weighted by atomic mass is 10.1. The number of aromatic nitrogens is 4. The molecule has 0 radical (unpaired) electrons. The van der Waals surface area contributed by atoms with E-state index in [0.717, 1.165) is 33.7 Å². The van der Waals surface area contributed by atoms with E-state index < -0.39 is 0 Å². The summed E-state index contributed by atoms with van der Waals surface area (Å²) < 4.78 is 6.99. The Morgan fingerprint density at radius 3 is 2.43 bits per heavy atom. The molecule has 0 aliphatic carbocycles. The van der Waals surface area contributed by atoms with E-state index >= 15 is 0 Å². The highest BCUT2D eigenvalue weighted by Gasteiger charge is 2.15. The molecule has 0 atom stereocenters. The van der Waals surface area contributed by atoms with Crippen molar-refractivity contribution < 1.29 is 4.74 Å². The quantitative estimate of drug-likeness (QED) is 0.801. The number of hydrogen-bond donors (Lipinski definition) is 1. The molecule has 3 aromatic rings. The first-order chi connectivity index (χ1) is 11.1. The van der Waals surface area contributed by atoms with Crippen LogP contribution >= 0.6 is 0 Å². The van der Waals surface area contributed by atoms with E-state index in [0.29, 0.717) is 12.4 Å². The van der Waals surface area contributed by atoms with Crippen molar-refractivity contribution in [2.75, 3.05) is 12.8 Å². The van der Waals surface area contributed by atoms with Crippen molar-refractivity contribution in [1.29, 1.82) is 0 Å². The predicted molar refractivity (Wildman–Crippen MR) is 89.2 cm³/mol. The highest BCUT2D eigenvalue weighted by molar-refractivity contribution is 5.69. The second-order valence-electron chi connectivity index (χ2n) is 5.45. The molecule has 0 aliphatic rings. The lowest BCUT2D eigenvalue weighted by molar-refractivity contribution is 0.414. The molecule has 0 fully saturated rings. The van der Waals surface area contributed by atoms with Gasteiger partial charge < -0.3 is 10.5 Å². The second kappa shape index (κ2) is 6.08. The van der Waals surface area contributed by atoms with Crippen molar-refractivity contribution in [3.8, 4) is 17.0 Å². The van der Waals surface area contributed by atoms with Gasteiger partial charge in [-0.3, -0.25) is 0 Å². The normalized spacial score (nSPS) is 10.7. The fourth-order valence-electron chi connectivity index (χ4n) is 2.48. The van der Waals surface area contributed by atoms with E-state index in [-0.39, 0.29) is 0 Å². The Morgan fingerprint density at radius 1 is 1.09 bits per heavy atom. The van der Waals surface area contributed by atoms with Crippen LogP contribution < -0.4 is 10.5 Å².